The van der Waals surface area contributed by atoms with Crippen LogP contribution < -0.4 is 0 Å². The zero-order valence-electron chi connectivity index (χ0n) is 6.56. The minimum atomic E-state index is 0. The summed E-state index contributed by atoms with van der Waals surface area (Å²) in [5.74, 6) is 0. The predicted octanol–water partition coefficient (Wildman–Crippen LogP) is 2.85. The van der Waals surface area contributed by atoms with E-state index in [2.05, 4.69) is 12.2 Å². The van der Waals surface area contributed by atoms with Gasteiger partial charge in [-0.2, -0.15) is 12.2 Å². The Hall–Kier alpha value is -0.546. The average Bonchev–Trinajstić information content (AvgIpc) is 2.44. The van der Waals surface area contributed by atoms with E-state index in [4.69, 9.17) is 6.58 Å². The summed E-state index contributed by atoms with van der Waals surface area (Å²) < 4.78 is 0. The predicted molar refractivity (Wildman–Crippen MR) is 45.3 cm³/mol. The fourth-order valence-corrected chi connectivity index (χ4v) is 0.451. The molecule has 1 aliphatic rings. The summed E-state index contributed by atoms with van der Waals surface area (Å²) in [5.41, 5.74) is 0. The van der Waals surface area contributed by atoms with Crippen molar-refractivity contribution in [3.8, 4) is 0 Å². The molecule has 0 bridgehead atoms. The molecule has 11 heavy (non-hydrogen) atoms. The second-order valence-electron chi connectivity index (χ2n) is 1.72. The number of rotatable bonds is 1. The maximum absolute atomic E-state index is 4.93. The third-order valence-electron chi connectivity index (χ3n) is 0.889. The van der Waals surface area contributed by atoms with Gasteiger partial charge in [-0.1, -0.05) is 6.92 Å². The Bertz CT molecular complexity index is 140. The molecule has 0 aromatic carbocycles. The van der Waals surface area contributed by atoms with Gasteiger partial charge in [0, 0.05) is 0 Å². The van der Waals surface area contributed by atoms with Crippen LogP contribution in [0.15, 0.2) is 36.5 Å². The van der Waals surface area contributed by atoms with E-state index in [1.165, 1.54) is 6.08 Å². The van der Waals surface area contributed by atoms with E-state index in [1.807, 2.05) is 25.2 Å². The molecule has 0 fully saturated rings. The van der Waals surface area contributed by atoms with E-state index in [-0.39, 0.29) is 16.5 Å². The van der Waals surface area contributed by atoms with Gasteiger partial charge in [-0.05, 0) is 0 Å². The van der Waals surface area contributed by atoms with Crippen LogP contribution in [0, 0.1) is 12.7 Å². The van der Waals surface area contributed by atoms with Crippen molar-refractivity contribution in [1.29, 1.82) is 0 Å². The number of hydrogen-bond acceptors (Lipinski definition) is 0. The van der Waals surface area contributed by atoms with Crippen molar-refractivity contribution in [3.05, 3.63) is 49.1 Å². The molecule has 0 saturated carbocycles. The smallest absolute Gasteiger partial charge is 0.293 e. The summed E-state index contributed by atoms with van der Waals surface area (Å²) in [4.78, 5) is 0. The van der Waals surface area contributed by atoms with Gasteiger partial charge in [0.25, 0.3) is 0 Å². The Morgan fingerprint density at radius 2 is 2.27 bits per heavy atom. The second kappa shape index (κ2) is 12.2. The summed E-state index contributed by atoms with van der Waals surface area (Å²) in [6.45, 7) is 6.85. The third kappa shape index (κ3) is 12.6. The fraction of sp³-hybridized carbons (Fsp3) is 0.200. The van der Waals surface area contributed by atoms with Crippen molar-refractivity contribution in [2.45, 2.75) is 13.3 Å². The molecule has 0 atom stereocenters. The van der Waals surface area contributed by atoms with Gasteiger partial charge >= 0.3 is 16.5 Å². The van der Waals surface area contributed by atoms with E-state index in [0.717, 1.165) is 6.42 Å². The van der Waals surface area contributed by atoms with Gasteiger partial charge < -0.3 is 0 Å². The third-order valence-corrected chi connectivity index (χ3v) is 0.889. The van der Waals surface area contributed by atoms with Gasteiger partial charge in [-0.15, -0.1) is 6.42 Å². The molecule has 0 radical (unpaired) electrons. The van der Waals surface area contributed by atoms with Crippen molar-refractivity contribution in [2.75, 3.05) is 0 Å². The van der Waals surface area contributed by atoms with Crippen LogP contribution >= 0.6 is 0 Å². The first-order chi connectivity index (χ1) is 4.91. The molecule has 0 aliphatic heterocycles. The molecule has 1 rings (SSSR count). The molecule has 0 N–H and O–H groups in total. The van der Waals surface area contributed by atoms with Gasteiger partial charge in [0.05, 0.1) is 0 Å². The monoisotopic (exact) mass is 190 g/mol. The van der Waals surface area contributed by atoms with Gasteiger partial charge in [0.15, 0.2) is 0 Å². The van der Waals surface area contributed by atoms with Crippen molar-refractivity contribution >= 4 is 0 Å². The first-order valence-electron chi connectivity index (χ1n) is 3.29. The van der Waals surface area contributed by atoms with Gasteiger partial charge in [0.1, 0.15) is 0 Å². The fourth-order valence-electron chi connectivity index (χ4n) is 0.451. The van der Waals surface area contributed by atoms with E-state index in [0.29, 0.717) is 0 Å². The summed E-state index contributed by atoms with van der Waals surface area (Å²) in [6, 6.07) is 0. The van der Waals surface area contributed by atoms with Gasteiger partial charge in [-0.3, -0.25) is 12.7 Å². The topological polar surface area (TPSA) is 0 Å². The number of allylic oxidation sites excluding steroid dienone is 7. The molecule has 1 heteroatoms. The van der Waals surface area contributed by atoms with Gasteiger partial charge in [0.2, 0.25) is 0 Å². The van der Waals surface area contributed by atoms with Crippen LogP contribution in [0.4, 0.5) is 0 Å². The van der Waals surface area contributed by atoms with Crippen LogP contribution in [0.3, 0.4) is 0 Å². The number of hydrogen-bond donors (Lipinski definition) is 0. The molecule has 1 aliphatic carbocycles. The Balaban J connectivity index is 0. The van der Waals surface area contributed by atoms with E-state index in [1.54, 1.807) is 6.08 Å². The molecule has 0 aromatic rings. The molecular formula is C10H12Ni. The summed E-state index contributed by atoms with van der Waals surface area (Å²) in [5, 5.41) is 0. The maximum atomic E-state index is 4.93. The van der Waals surface area contributed by atoms with Crippen LogP contribution in [-0.4, -0.2) is 0 Å². The SMILES string of the molecule is [C-]1=CC=CC1.[CH-]=CC=CC.[Ni+2]. The Morgan fingerprint density at radius 3 is 2.36 bits per heavy atom. The standard InChI is InChI=1S/C5H5.C5H7.Ni/c1-2-4-5-3-1;1-3-5-4-2;/h1-3H,4H2;1,3-5H,2H3;/q2*-1;+2. The molecule has 0 saturated heterocycles. The minimum Gasteiger partial charge on any atom is -0.293 e. The normalized spacial score (nSPS) is 12.1. The molecule has 0 amide bonds. The summed E-state index contributed by atoms with van der Waals surface area (Å²) in [7, 11) is 0. The first-order valence-corrected chi connectivity index (χ1v) is 3.29. The Morgan fingerprint density at radius 1 is 1.55 bits per heavy atom. The summed E-state index contributed by atoms with van der Waals surface area (Å²) >= 11 is 0. The molecule has 0 nitrogen and oxygen atoms in total. The molecule has 0 unspecified atom stereocenters. The molecule has 0 aromatic heterocycles. The van der Waals surface area contributed by atoms with Crippen LogP contribution in [0.1, 0.15) is 13.3 Å². The van der Waals surface area contributed by atoms with E-state index < -0.39 is 0 Å². The van der Waals surface area contributed by atoms with Crippen molar-refractivity contribution in [1.82, 2.24) is 0 Å². The Kier molecular flexibility index (Phi) is 14.5. The van der Waals surface area contributed by atoms with E-state index in [9.17, 15) is 0 Å². The molecule has 0 spiro atoms. The van der Waals surface area contributed by atoms with Crippen molar-refractivity contribution < 1.29 is 16.5 Å². The molecule has 0 heterocycles. The van der Waals surface area contributed by atoms with Crippen LogP contribution in [-0.2, 0) is 16.5 Å². The summed E-state index contributed by atoms with van der Waals surface area (Å²) in [6.07, 6.45) is 15.2. The van der Waals surface area contributed by atoms with Crippen LogP contribution in [0.2, 0.25) is 0 Å². The second-order valence-corrected chi connectivity index (χ2v) is 1.72. The maximum Gasteiger partial charge on any atom is 2.00 e. The minimum absolute atomic E-state index is 0. The van der Waals surface area contributed by atoms with E-state index >= 15 is 0 Å². The van der Waals surface area contributed by atoms with Crippen molar-refractivity contribution in [2.24, 2.45) is 0 Å². The zero-order chi connectivity index (χ0) is 7.66. The van der Waals surface area contributed by atoms with Crippen LogP contribution in [0.5, 0.6) is 0 Å². The largest absolute Gasteiger partial charge is 2.00 e. The average molecular weight is 191 g/mol. The first kappa shape index (κ1) is 13.1. The Labute approximate surface area is 79.3 Å². The molecule has 62 valence electrons. The zero-order valence-corrected chi connectivity index (χ0v) is 7.55. The van der Waals surface area contributed by atoms with Gasteiger partial charge in [-0.25, -0.2) is 24.3 Å². The quantitative estimate of drug-likeness (QED) is 0.339. The van der Waals surface area contributed by atoms with Crippen molar-refractivity contribution in [3.63, 3.8) is 0 Å². The van der Waals surface area contributed by atoms with Crippen LogP contribution in [0.25, 0.3) is 0 Å². The molecular weight excluding hydrogens is 179 g/mol.